The number of alkyl halides is 3. The van der Waals surface area contributed by atoms with Gasteiger partial charge in [-0.15, -0.1) is 0 Å². The second-order valence-corrected chi connectivity index (χ2v) is 11.9. The molecule has 0 amide bonds. The number of halogens is 13. The topological polar surface area (TPSA) is 18.5 Å². The lowest BCUT2D eigenvalue weighted by Gasteiger charge is -2.21. The number of hydrogen-bond acceptors (Lipinski definition) is 2. The lowest BCUT2D eigenvalue weighted by Crippen LogP contribution is -2.26. The van der Waals surface area contributed by atoms with Crippen LogP contribution in [0.5, 0.6) is 11.5 Å². The molecule has 0 radical (unpaired) electrons. The van der Waals surface area contributed by atoms with Gasteiger partial charge in [0.15, 0.2) is 23.2 Å². The zero-order valence-electron chi connectivity index (χ0n) is 28.1. The fourth-order valence-electron chi connectivity index (χ4n) is 5.37. The number of rotatable bonds is 8. The molecule has 0 bridgehead atoms. The molecular weight excluding hydrogens is 759 g/mol. The Balaban J connectivity index is 0.000000284. The van der Waals surface area contributed by atoms with Crippen molar-refractivity contribution in [3.05, 3.63) is 166 Å². The number of ether oxygens (including phenoxy) is 1. The van der Waals surface area contributed by atoms with Crippen LogP contribution in [0.4, 0.5) is 57.2 Å². The van der Waals surface area contributed by atoms with Gasteiger partial charge in [0, 0.05) is 27.8 Å². The molecule has 0 atom stereocenters. The summed E-state index contributed by atoms with van der Waals surface area (Å²) >= 11 is 0. The predicted molar refractivity (Wildman–Crippen MR) is 176 cm³/mol. The molecule has 0 heterocycles. The number of benzene rings is 6. The van der Waals surface area contributed by atoms with E-state index in [4.69, 9.17) is 0 Å². The first-order valence-electron chi connectivity index (χ1n) is 15.7. The van der Waals surface area contributed by atoms with Gasteiger partial charge in [-0.25, -0.2) is 43.9 Å². The summed E-state index contributed by atoms with van der Waals surface area (Å²) in [6, 6.07) is 15.2. The number of hydrogen-bond donors (Lipinski definition) is 0. The molecule has 0 aliphatic rings. The van der Waals surface area contributed by atoms with E-state index in [9.17, 15) is 57.2 Å². The van der Waals surface area contributed by atoms with E-state index in [0.29, 0.717) is 41.5 Å². The fourth-order valence-corrected chi connectivity index (χ4v) is 5.37. The van der Waals surface area contributed by atoms with Gasteiger partial charge in [-0.2, -0.15) is 8.78 Å². The Bertz CT molecular complexity index is 2330. The highest BCUT2D eigenvalue weighted by Gasteiger charge is 2.42. The van der Waals surface area contributed by atoms with Crippen LogP contribution in [0, 0.1) is 66.2 Å². The number of aryl methyl sites for hydroxylation is 1. The van der Waals surface area contributed by atoms with Crippen LogP contribution in [0.2, 0.25) is 0 Å². The van der Waals surface area contributed by atoms with E-state index < -0.39 is 116 Å². The molecule has 0 saturated carbocycles. The Hall–Kier alpha value is -5.99. The Kier molecular flexibility index (Phi) is 11.8. The SMILES string of the molecule is Cc1c(-c2ccc(OF)cc2F)cc(F)c(C(F)(F)Oc2ccc(-c3cc(F)c(F)c(F)c3)c(F)c2)c1F.Cc1ccc(-c2cc(F)c(CF)c(F)c2)cc1. The quantitative estimate of drug-likeness (QED) is 0.113. The van der Waals surface area contributed by atoms with E-state index in [0.717, 1.165) is 48.9 Å². The standard InChI is InChI=1S/C26H12F10O2.C14H11F3/c1-11-17(16-5-3-14(38-36)9-19(16)28)10-20(29)23(24(11)32)26(34,35)37-13-2-4-15(18(27)8-13)12-6-21(30)25(33)22(31)7-12;1-9-2-4-10(5-3-9)11-6-13(16)12(8-15)14(17)7-11/h2-10H,1H3;2-7H,8H2,1H3. The smallest absolute Gasteiger partial charge is 0.429 e. The van der Waals surface area contributed by atoms with Crippen molar-refractivity contribution >= 4 is 0 Å². The summed E-state index contributed by atoms with van der Waals surface area (Å²) in [5, 5.41) is 0. The molecule has 2 nitrogen and oxygen atoms in total. The van der Waals surface area contributed by atoms with Gasteiger partial charge in [-0.05, 0) is 96.3 Å². The van der Waals surface area contributed by atoms with Crippen molar-refractivity contribution < 1.29 is 66.9 Å². The van der Waals surface area contributed by atoms with Gasteiger partial charge in [0.2, 0.25) is 0 Å². The summed E-state index contributed by atoms with van der Waals surface area (Å²) in [5.74, 6) is -14.3. The van der Waals surface area contributed by atoms with E-state index in [-0.39, 0.29) is 0 Å². The zero-order valence-corrected chi connectivity index (χ0v) is 28.1. The van der Waals surface area contributed by atoms with Gasteiger partial charge < -0.3 is 4.74 Å². The molecular formula is C40H23F13O2. The zero-order chi connectivity index (χ0) is 40.4. The van der Waals surface area contributed by atoms with E-state index in [1.54, 1.807) is 12.1 Å². The van der Waals surface area contributed by atoms with Crippen molar-refractivity contribution in [3.8, 4) is 44.9 Å². The highest BCUT2D eigenvalue weighted by molar-refractivity contribution is 5.70. The summed E-state index contributed by atoms with van der Waals surface area (Å²) in [5.41, 5.74) is -2.68. The normalized spacial score (nSPS) is 11.3. The Morgan fingerprint density at radius 1 is 0.491 bits per heavy atom. The summed E-state index contributed by atoms with van der Waals surface area (Å²) < 4.78 is 184. The second kappa shape index (κ2) is 16.2. The van der Waals surface area contributed by atoms with E-state index >= 15 is 0 Å². The molecule has 6 aromatic carbocycles. The van der Waals surface area contributed by atoms with Crippen LogP contribution in [-0.4, -0.2) is 0 Å². The fraction of sp³-hybridized carbons (Fsp3) is 0.100. The summed E-state index contributed by atoms with van der Waals surface area (Å²) in [4.78, 5) is 3.36. The molecule has 0 saturated heterocycles. The molecule has 286 valence electrons. The third-order valence-corrected chi connectivity index (χ3v) is 8.21. The first-order valence-corrected chi connectivity index (χ1v) is 15.7. The van der Waals surface area contributed by atoms with Crippen LogP contribution in [0.15, 0.2) is 91.0 Å². The average molecular weight is 783 g/mol. The van der Waals surface area contributed by atoms with Gasteiger partial charge in [-0.1, -0.05) is 29.8 Å². The van der Waals surface area contributed by atoms with Crippen molar-refractivity contribution in [1.82, 2.24) is 0 Å². The van der Waals surface area contributed by atoms with Gasteiger partial charge in [0.1, 0.15) is 52.9 Å². The average Bonchev–Trinajstić information content (AvgIpc) is 3.12. The van der Waals surface area contributed by atoms with Crippen LogP contribution < -0.4 is 9.68 Å². The van der Waals surface area contributed by atoms with Crippen LogP contribution in [0.3, 0.4) is 0 Å². The third kappa shape index (κ3) is 8.55. The highest BCUT2D eigenvalue weighted by atomic mass is 19.3. The maximum absolute atomic E-state index is 15.0. The predicted octanol–water partition coefficient (Wildman–Crippen LogP) is 13.1. The van der Waals surface area contributed by atoms with E-state index in [2.05, 4.69) is 9.68 Å². The maximum atomic E-state index is 15.0. The van der Waals surface area contributed by atoms with Crippen LogP contribution >= 0.6 is 0 Å². The van der Waals surface area contributed by atoms with Gasteiger partial charge in [-0.3, -0.25) is 4.94 Å². The monoisotopic (exact) mass is 782 g/mol. The molecule has 0 aromatic heterocycles. The van der Waals surface area contributed by atoms with Gasteiger partial charge in [0.05, 0.1) is 5.56 Å². The summed E-state index contributed by atoms with van der Waals surface area (Å²) in [7, 11) is 0. The Labute approximate surface area is 303 Å². The molecule has 0 spiro atoms. The van der Waals surface area contributed by atoms with Crippen molar-refractivity contribution in [1.29, 1.82) is 0 Å². The maximum Gasteiger partial charge on any atom is 0.432 e. The molecule has 0 unspecified atom stereocenters. The highest BCUT2D eigenvalue weighted by Crippen LogP contribution is 2.41. The minimum absolute atomic E-state index is 0.364. The van der Waals surface area contributed by atoms with E-state index in [1.165, 1.54) is 0 Å². The minimum Gasteiger partial charge on any atom is -0.429 e. The molecule has 6 aromatic rings. The lowest BCUT2D eigenvalue weighted by atomic mass is 9.96. The molecule has 0 fully saturated rings. The molecule has 0 aliphatic carbocycles. The second-order valence-electron chi connectivity index (χ2n) is 11.9. The minimum atomic E-state index is -4.72. The molecule has 0 N–H and O–H groups in total. The molecule has 55 heavy (non-hydrogen) atoms. The molecule has 15 heteroatoms. The van der Waals surface area contributed by atoms with Crippen molar-refractivity contribution in [3.63, 3.8) is 0 Å². The van der Waals surface area contributed by atoms with Crippen molar-refractivity contribution in [2.24, 2.45) is 0 Å². The molecule has 6 rings (SSSR count). The Morgan fingerprint density at radius 2 is 1.02 bits per heavy atom. The van der Waals surface area contributed by atoms with Crippen LogP contribution in [0.1, 0.15) is 22.3 Å². The van der Waals surface area contributed by atoms with Crippen LogP contribution in [-0.2, 0) is 12.8 Å². The van der Waals surface area contributed by atoms with Gasteiger partial charge >= 0.3 is 6.11 Å². The molecule has 0 aliphatic heterocycles. The first-order chi connectivity index (χ1) is 25.9. The summed E-state index contributed by atoms with van der Waals surface area (Å²) in [6.07, 6.45) is -4.72. The largest absolute Gasteiger partial charge is 0.432 e. The first kappa shape index (κ1) is 40.2. The third-order valence-electron chi connectivity index (χ3n) is 8.21. The van der Waals surface area contributed by atoms with Gasteiger partial charge in [0.25, 0.3) is 0 Å². The lowest BCUT2D eigenvalue weighted by molar-refractivity contribution is -0.189. The van der Waals surface area contributed by atoms with Crippen molar-refractivity contribution in [2.45, 2.75) is 26.6 Å². The van der Waals surface area contributed by atoms with E-state index in [1.807, 2.05) is 19.1 Å². The van der Waals surface area contributed by atoms with Crippen molar-refractivity contribution in [2.75, 3.05) is 0 Å². The van der Waals surface area contributed by atoms with Crippen LogP contribution in [0.25, 0.3) is 33.4 Å². The summed E-state index contributed by atoms with van der Waals surface area (Å²) in [6.45, 7) is 1.75. The Morgan fingerprint density at radius 3 is 1.56 bits per heavy atom.